The number of hydrogen-bond donors (Lipinski definition) is 3. The van der Waals surface area contributed by atoms with Crippen LogP contribution in [0.4, 0.5) is 15.8 Å². The maximum atomic E-state index is 11.4. The number of nitrogens with two attached hydrogens (primary N) is 1. The average molecular weight is 328 g/mol. The summed E-state index contributed by atoms with van der Waals surface area (Å²) < 4.78 is 5.36. The van der Waals surface area contributed by atoms with Gasteiger partial charge in [0, 0.05) is 18.1 Å². The first kappa shape index (κ1) is 15.1. The zero-order valence-corrected chi connectivity index (χ0v) is 13.5. The third kappa shape index (κ3) is 2.91. The molecule has 1 amide bonds. The molecule has 3 aromatic rings. The molecule has 0 spiro atoms. The van der Waals surface area contributed by atoms with Crippen LogP contribution in [0.25, 0.3) is 10.8 Å². The van der Waals surface area contributed by atoms with E-state index < -0.39 is 5.91 Å². The number of nitrogens with zero attached hydrogens (tertiary/aromatic N) is 1. The highest BCUT2D eigenvalue weighted by atomic mass is 32.1. The van der Waals surface area contributed by atoms with Crippen molar-refractivity contribution in [1.29, 1.82) is 0 Å². The molecule has 0 aliphatic heterocycles. The quantitative estimate of drug-likeness (QED) is 0.669. The topological polar surface area (TPSA) is 89.3 Å². The van der Waals surface area contributed by atoms with Gasteiger partial charge in [-0.1, -0.05) is 23.5 Å². The van der Waals surface area contributed by atoms with E-state index in [9.17, 15) is 4.79 Å². The first-order chi connectivity index (χ1) is 11.1. The Balaban J connectivity index is 1.94. The van der Waals surface area contributed by atoms with Crippen LogP contribution in [0, 0.1) is 0 Å². The molecule has 118 valence electrons. The Kier molecular flexibility index (Phi) is 4.03. The number of amides is 1. The minimum absolute atomic E-state index is 0.238. The second-order valence-electron chi connectivity index (χ2n) is 4.83. The van der Waals surface area contributed by atoms with E-state index >= 15 is 0 Å². The van der Waals surface area contributed by atoms with E-state index in [4.69, 9.17) is 10.5 Å². The summed E-state index contributed by atoms with van der Waals surface area (Å²) in [6.45, 7) is 0. The van der Waals surface area contributed by atoms with Crippen molar-refractivity contribution in [2.45, 2.75) is 0 Å². The molecular weight excluding hydrogens is 312 g/mol. The molecule has 0 fully saturated rings. The first-order valence-electron chi connectivity index (χ1n) is 6.94. The van der Waals surface area contributed by atoms with Crippen molar-refractivity contribution in [2.75, 3.05) is 24.8 Å². The van der Waals surface area contributed by atoms with Crippen LogP contribution in [0.5, 0.6) is 5.75 Å². The Bertz CT molecular complexity index is 876. The van der Waals surface area contributed by atoms with Gasteiger partial charge in [-0.2, -0.15) is 0 Å². The predicted molar refractivity (Wildman–Crippen MR) is 94.0 cm³/mol. The fourth-order valence-electron chi connectivity index (χ4n) is 2.34. The van der Waals surface area contributed by atoms with Gasteiger partial charge in [-0.25, -0.2) is 4.98 Å². The second kappa shape index (κ2) is 6.13. The lowest BCUT2D eigenvalue weighted by Crippen LogP contribution is -2.13. The van der Waals surface area contributed by atoms with Gasteiger partial charge in [0.15, 0.2) is 10.8 Å². The molecule has 0 aliphatic rings. The van der Waals surface area contributed by atoms with Gasteiger partial charge in [-0.05, 0) is 29.7 Å². The van der Waals surface area contributed by atoms with Crippen LogP contribution in [0.2, 0.25) is 0 Å². The number of benzene rings is 2. The third-order valence-corrected chi connectivity index (χ3v) is 4.39. The number of hydrogen-bond acceptors (Lipinski definition) is 6. The summed E-state index contributed by atoms with van der Waals surface area (Å²) in [6, 6.07) is 11.8. The SMILES string of the molecule is CNc1sc(Nc2ccc3c(OC)cccc3c2)nc1C(N)=O. The van der Waals surface area contributed by atoms with E-state index in [0.717, 1.165) is 22.2 Å². The lowest BCUT2D eigenvalue weighted by Gasteiger charge is -2.08. The van der Waals surface area contributed by atoms with Crippen molar-refractivity contribution in [3.05, 3.63) is 42.1 Å². The van der Waals surface area contributed by atoms with E-state index in [2.05, 4.69) is 15.6 Å². The number of methoxy groups -OCH3 is 1. The second-order valence-corrected chi connectivity index (χ2v) is 5.83. The molecule has 23 heavy (non-hydrogen) atoms. The van der Waals surface area contributed by atoms with Gasteiger partial charge < -0.3 is 21.1 Å². The molecule has 6 nitrogen and oxygen atoms in total. The summed E-state index contributed by atoms with van der Waals surface area (Å²) in [7, 11) is 3.38. The highest BCUT2D eigenvalue weighted by Gasteiger charge is 2.15. The van der Waals surface area contributed by atoms with Crippen molar-refractivity contribution in [3.63, 3.8) is 0 Å². The zero-order valence-electron chi connectivity index (χ0n) is 12.7. The molecule has 3 rings (SSSR count). The molecule has 0 unspecified atom stereocenters. The number of carbonyl (C=O) groups excluding carboxylic acids is 1. The van der Waals surface area contributed by atoms with Crippen molar-refractivity contribution in [2.24, 2.45) is 5.73 Å². The lowest BCUT2D eigenvalue weighted by atomic mass is 10.1. The molecule has 1 aromatic heterocycles. The summed E-state index contributed by atoms with van der Waals surface area (Å²) in [4.78, 5) is 15.6. The van der Waals surface area contributed by atoms with E-state index in [0.29, 0.717) is 10.1 Å². The Morgan fingerprint density at radius 2 is 2.13 bits per heavy atom. The Morgan fingerprint density at radius 3 is 2.78 bits per heavy atom. The number of thiazole rings is 1. The van der Waals surface area contributed by atoms with Crippen molar-refractivity contribution < 1.29 is 9.53 Å². The van der Waals surface area contributed by atoms with Crippen LogP contribution >= 0.6 is 11.3 Å². The number of rotatable bonds is 5. The zero-order chi connectivity index (χ0) is 16.4. The number of nitrogens with one attached hydrogen (secondary N) is 2. The van der Waals surface area contributed by atoms with E-state index in [-0.39, 0.29) is 5.69 Å². The maximum Gasteiger partial charge on any atom is 0.270 e. The molecule has 2 aromatic carbocycles. The smallest absolute Gasteiger partial charge is 0.270 e. The van der Waals surface area contributed by atoms with Gasteiger partial charge >= 0.3 is 0 Å². The third-order valence-electron chi connectivity index (χ3n) is 3.40. The van der Waals surface area contributed by atoms with Crippen LogP contribution in [-0.2, 0) is 0 Å². The number of ether oxygens (including phenoxy) is 1. The number of anilines is 3. The average Bonchev–Trinajstić information content (AvgIpc) is 2.97. The highest BCUT2D eigenvalue weighted by Crippen LogP contribution is 2.32. The Labute approximate surface area is 137 Å². The van der Waals surface area contributed by atoms with Crippen molar-refractivity contribution in [3.8, 4) is 5.75 Å². The van der Waals surface area contributed by atoms with Gasteiger partial charge in [0.1, 0.15) is 10.8 Å². The standard InChI is InChI=1S/C16H16N4O2S/c1-18-15-13(14(17)21)20-16(23-15)19-10-6-7-11-9(8-10)4-3-5-12(11)22-2/h3-8,18H,1-2H3,(H2,17,21)(H,19,20). The van der Waals surface area contributed by atoms with Crippen LogP contribution < -0.4 is 21.1 Å². The summed E-state index contributed by atoms with van der Waals surface area (Å²) in [6.07, 6.45) is 0. The molecule has 0 bridgehead atoms. The fraction of sp³-hybridized carbons (Fsp3) is 0.125. The molecule has 0 saturated carbocycles. The normalized spacial score (nSPS) is 10.5. The predicted octanol–water partition coefficient (Wildman–Crippen LogP) is 3.19. The minimum atomic E-state index is -0.554. The monoisotopic (exact) mass is 328 g/mol. The van der Waals surface area contributed by atoms with Crippen LogP contribution in [-0.4, -0.2) is 25.0 Å². The molecular formula is C16H16N4O2S. The highest BCUT2D eigenvalue weighted by molar-refractivity contribution is 7.19. The molecule has 7 heteroatoms. The maximum absolute atomic E-state index is 11.4. The molecule has 4 N–H and O–H groups in total. The molecule has 0 atom stereocenters. The largest absolute Gasteiger partial charge is 0.496 e. The number of carbonyl (C=O) groups is 1. The van der Waals surface area contributed by atoms with Crippen molar-refractivity contribution in [1.82, 2.24) is 4.98 Å². The van der Waals surface area contributed by atoms with E-state index in [1.165, 1.54) is 11.3 Å². The molecule has 0 radical (unpaired) electrons. The van der Waals surface area contributed by atoms with Crippen LogP contribution in [0.3, 0.4) is 0 Å². The van der Waals surface area contributed by atoms with Crippen molar-refractivity contribution >= 4 is 43.8 Å². The van der Waals surface area contributed by atoms with Gasteiger partial charge in [-0.15, -0.1) is 0 Å². The molecule has 0 saturated heterocycles. The van der Waals surface area contributed by atoms with Gasteiger partial charge in [0.25, 0.3) is 5.91 Å². The summed E-state index contributed by atoms with van der Waals surface area (Å²) >= 11 is 1.34. The van der Waals surface area contributed by atoms with Gasteiger partial charge in [0.2, 0.25) is 0 Å². The minimum Gasteiger partial charge on any atom is -0.496 e. The first-order valence-corrected chi connectivity index (χ1v) is 7.76. The number of primary amides is 1. The Morgan fingerprint density at radius 1 is 1.30 bits per heavy atom. The summed E-state index contributed by atoms with van der Waals surface area (Å²) in [5.41, 5.74) is 6.44. The van der Waals surface area contributed by atoms with Gasteiger partial charge in [-0.3, -0.25) is 4.79 Å². The number of aromatic nitrogens is 1. The van der Waals surface area contributed by atoms with E-state index in [1.807, 2.05) is 36.4 Å². The number of fused-ring (bicyclic) bond motifs is 1. The molecule has 1 heterocycles. The van der Waals surface area contributed by atoms with Crippen LogP contribution in [0.1, 0.15) is 10.5 Å². The Hall–Kier alpha value is -2.80. The lowest BCUT2D eigenvalue weighted by molar-refractivity contribution is 0.0997. The van der Waals surface area contributed by atoms with Gasteiger partial charge in [0.05, 0.1) is 7.11 Å². The van der Waals surface area contributed by atoms with E-state index in [1.54, 1.807) is 14.2 Å². The fourth-order valence-corrected chi connectivity index (χ4v) is 3.19. The summed E-state index contributed by atoms with van der Waals surface area (Å²) in [5, 5.41) is 9.46. The summed E-state index contributed by atoms with van der Waals surface area (Å²) in [5.74, 6) is 0.277. The van der Waals surface area contributed by atoms with Crippen LogP contribution in [0.15, 0.2) is 36.4 Å². The molecule has 0 aliphatic carbocycles.